The van der Waals surface area contributed by atoms with Gasteiger partial charge in [0.25, 0.3) is 0 Å². The first-order valence-electron chi connectivity index (χ1n) is 8.92. The molecular weight excluding hydrogens is 272 g/mol. The first-order valence-corrected chi connectivity index (χ1v) is 8.92. The minimum Gasteiger partial charge on any atom is -0.489 e. The highest BCUT2D eigenvalue weighted by molar-refractivity contribution is 5.60. The number of unbranched alkanes of at least 4 members (excludes halogenated alkanes) is 1. The van der Waals surface area contributed by atoms with Crippen LogP contribution in [-0.2, 0) is 6.54 Å². The van der Waals surface area contributed by atoms with Crippen LogP contribution in [0.15, 0.2) is 18.2 Å². The minimum absolute atomic E-state index is 0.204. The van der Waals surface area contributed by atoms with Gasteiger partial charge in [-0.15, -0.1) is 0 Å². The van der Waals surface area contributed by atoms with E-state index in [1.165, 1.54) is 36.9 Å². The van der Waals surface area contributed by atoms with Crippen molar-refractivity contribution in [3.8, 4) is 5.75 Å². The molecule has 1 N–H and O–H groups in total. The number of rotatable bonds is 10. The fourth-order valence-electron chi connectivity index (χ4n) is 2.63. The van der Waals surface area contributed by atoms with E-state index in [0.717, 1.165) is 31.4 Å². The van der Waals surface area contributed by atoms with Crippen LogP contribution in [0.5, 0.6) is 5.75 Å². The summed E-state index contributed by atoms with van der Waals surface area (Å²) >= 11 is 0. The molecule has 1 aliphatic carbocycles. The van der Waals surface area contributed by atoms with E-state index in [-0.39, 0.29) is 6.10 Å². The third-order valence-corrected chi connectivity index (χ3v) is 4.06. The van der Waals surface area contributed by atoms with E-state index in [4.69, 9.17) is 4.74 Å². The van der Waals surface area contributed by atoms with E-state index < -0.39 is 0 Å². The van der Waals surface area contributed by atoms with Gasteiger partial charge >= 0.3 is 0 Å². The third kappa shape index (κ3) is 5.20. The van der Waals surface area contributed by atoms with Gasteiger partial charge in [-0.3, -0.25) is 0 Å². The lowest BCUT2D eigenvalue weighted by Gasteiger charge is -2.27. The molecule has 0 saturated heterocycles. The Morgan fingerprint density at radius 1 is 1.27 bits per heavy atom. The molecule has 3 heteroatoms. The first-order chi connectivity index (χ1) is 10.6. The van der Waals surface area contributed by atoms with Gasteiger partial charge in [-0.2, -0.15) is 0 Å². The van der Waals surface area contributed by atoms with Crippen molar-refractivity contribution in [3.63, 3.8) is 0 Å². The fourth-order valence-corrected chi connectivity index (χ4v) is 2.63. The van der Waals surface area contributed by atoms with Crippen molar-refractivity contribution < 1.29 is 4.74 Å². The molecule has 0 spiro atoms. The number of anilines is 1. The Kier molecular flexibility index (Phi) is 6.56. The van der Waals surface area contributed by atoms with Crippen molar-refractivity contribution in [1.29, 1.82) is 0 Å². The SMILES string of the molecule is CCCCN(CC)c1ccc(CNC2CC2)cc1OC(C)C. The molecule has 2 rings (SSSR count). The van der Waals surface area contributed by atoms with Crippen molar-refractivity contribution in [2.75, 3.05) is 18.0 Å². The van der Waals surface area contributed by atoms with Crippen LogP contribution in [0, 0.1) is 0 Å². The van der Waals surface area contributed by atoms with Gasteiger partial charge in [0.2, 0.25) is 0 Å². The lowest BCUT2D eigenvalue weighted by atomic mass is 10.1. The largest absolute Gasteiger partial charge is 0.489 e. The van der Waals surface area contributed by atoms with Crippen LogP contribution in [0.2, 0.25) is 0 Å². The zero-order chi connectivity index (χ0) is 15.9. The summed E-state index contributed by atoms with van der Waals surface area (Å²) < 4.78 is 6.10. The zero-order valence-corrected chi connectivity index (χ0v) is 14.7. The van der Waals surface area contributed by atoms with E-state index in [2.05, 4.69) is 56.1 Å². The first kappa shape index (κ1) is 17.1. The smallest absolute Gasteiger partial charge is 0.143 e. The van der Waals surface area contributed by atoms with Gasteiger partial charge < -0.3 is 15.0 Å². The summed E-state index contributed by atoms with van der Waals surface area (Å²) in [5.74, 6) is 1.03. The van der Waals surface area contributed by atoms with Crippen LogP contribution in [0.3, 0.4) is 0 Å². The Balaban J connectivity index is 2.13. The molecule has 1 aromatic rings. The third-order valence-electron chi connectivity index (χ3n) is 4.06. The molecular formula is C19H32N2O. The Hall–Kier alpha value is -1.22. The average molecular weight is 304 g/mol. The average Bonchev–Trinajstić information content (AvgIpc) is 3.31. The zero-order valence-electron chi connectivity index (χ0n) is 14.7. The number of nitrogens with zero attached hydrogens (tertiary/aromatic N) is 1. The van der Waals surface area contributed by atoms with Crippen LogP contribution in [0.25, 0.3) is 0 Å². The van der Waals surface area contributed by atoms with Crippen molar-refractivity contribution in [2.24, 2.45) is 0 Å². The number of benzene rings is 1. The van der Waals surface area contributed by atoms with E-state index in [1.54, 1.807) is 0 Å². The highest BCUT2D eigenvalue weighted by Gasteiger charge is 2.20. The van der Waals surface area contributed by atoms with Crippen LogP contribution < -0.4 is 15.0 Å². The Morgan fingerprint density at radius 2 is 2.05 bits per heavy atom. The highest BCUT2D eigenvalue weighted by atomic mass is 16.5. The number of ether oxygens (including phenoxy) is 1. The molecule has 0 aliphatic heterocycles. The molecule has 0 amide bonds. The summed E-state index contributed by atoms with van der Waals surface area (Å²) in [4.78, 5) is 2.43. The molecule has 0 unspecified atom stereocenters. The maximum absolute atomic E-state index is 6.10. The van der Waals surface area contributed by atoms with Crippen LogP contribution in [0.4, 0.5) is 5.69 Å². The van der Waals surface area contributed by atoms with Crippen molar-refractivity contribution >= 4 is 5.69 Å². The van der Waals surface area contributed by atoms with Crippen LogP contribution in [-0.4, -0.2) is 25.2 Å². The summed E-state index contributed by atoms with van der Waals surface area (Å²) in [6.07, 6.45) is 5.30. The van der Waals surface area contributed by atoms with Crippen LogP contribution in [0.1, 0.15) is 58.9 Å². The monoisotopic (exact) mass is 304 g/mol. The molecule has 0 atom stereocenters. The molecule has 3 nitrogen and oxygen atoms in total. The summed E-state index contributed by atoms with van der Waals surface area (Å²) in [5, 5.41) is 3.58. The van der Waals surface area contributed by atoms with Gasteiger partial charge in [-0.25, -0.2) is 0 Å². The van der Waals surface area contributed by atoms with Gasteiger partial charge in [-0.1, -0.05) is 19.4 Å². The lowest BCUT2D eigenvalue weighted by Crippen LogP contribution is -2.25. The molecule has 1 saturated carbocycles. The van der Waals surface area contributed by atoms with Crippen LogP contribution >= 0.6 is 0 Å². The standard InChI is InChI=1S/C19H32N2O/c1-5-7-12-21(6-2)18-11-8-16(14-20-17-9-10-17)13-19(18)22-15(3)4/h8,11,13,15,17,20H,5-7,9-10,12,14H2,1-4H3. The Morgan fingerprint density at radius 3 is 2.64 bits per heavy atom. The molecule has 0 radical (unpaired) electrons. The summed E-state index contributed by atoms with van der Waals surface area (Å²) in [6, 6.07) is 7.44. The molecule has 1 fully saturated rings. The summed E-state index contributed by atoms with van der Waals surface area (Å²) in [6.45, 7) is 11.7. The lowest BCUT2D eigenvalue weighted by molar-refractivity contribution is 0.242. The van der Waals surface area contributed by atoms with Gasteiger partial charge in [0, 0.05) is 25.7 Å². The molecule has 22 heavy (non-hydrogen) atoms. The second kappa shape index (κ2) is 8.42. The summed E-state index contributed by atoms with van der Waals surface area (Å²) in [7, 11) is 0. The maximum Gasteiger partial charge on any atom is 0.143 e. The van der Waals surface area contributed by atoms with Gasteiger partial charge in [-0.05, 0) is 57.7 Å². The fraction of sp³-hybridized carbons (Fsp3) is 0.684. The molecule has 1 aliphatic rings. The topological polar surface area (TPSA) is 24.5 Å². The molecule has 0 heterocycles. The summed E-state index contributed by atoms with van der Waals surface area (Å²) in [5.41, 5.74) is 2.55. The predicted octanol–water partition coefficient (Wildman–Crippen LogP) is 4.35. The number of hydrogen-bond acceptors (Lipinski definition) is 3. The number of hydrogen-bond donors (Lipinski definition) is 1. The van der Waals surface area contributed by atoms with E-state index in [0.29, 0.717) is 0 Å². The van der Waals surface area contributed by atoms with Crippen molar-refractivity contribution in [1.82, 2.24) is 5.32 Å². The van der Waals surface area contributed by atoms with E-state index in [9.17, 15) is 0 Å². The highest BCUT2D eigenvalue weighted by Crippen LogP contribution is 2.31. The van der Waals surface area contributed by atoms with Gasteiger partial charge in [0.1, 0.15) is 5.75 Å². The normalized spacial score (nSPS) is 14.4. The molecule has 0 aromatic heterocycles. The quantitative estimate of drug-likeness (QED) is 0.695. The Labute approximate surface area is 136 Å². The molecule has 0 bridgehead atoms. The molecule has 1 aromatic carbocycles. The molecule has 124 valence electrons. The van der Waals surface area contributed by atoms with Gasteiger partial charge in [0.05, 0.1) is 11.8 Å². The predicted molar refractivity (Wildman–Crippen MR) is 94.9 cm³/mol. The van der Waals surface area contributed by atoms with E-state index in [1.807, 2.05) is 0 Å². The minimum atomic E-state index is 0.204. The second-order valence-electron chi connectivity index (χ2n) is 6.56. The second-order valence-corrected chi connectivity index (χ2v) is 6.56. The maximum atomic E-state index is 6.10. The van der Waals surface area contributed by atoms with Gasteiger partial charge in [0.15, 0.2) is 0 Å². The van der Waals surface area contributed by atoms with Crippen molar-refractivity contribution in [2.45, 2.75) is 72.1 Å². The number of nitrogens with one attached hydrogen (secondary N) is 1. The van der Waals surface area contributed by atoms with E-state index >= 15 is 0 Å². The Bertz CT molecular complexity index is 455. The van der Waals surface area contributed by atoms with Crippen molar-refractivity contribution in [3.05, 3.63) is 23.8 Å².